The van der Waals surface area contributed by atoms with Crippen molar-refractivity contribution in [3.63, 3.8) is 0 Å². The van der Waals surface area contributed by atoms with E-state index in [2.05, 4.69) is 22.3 Å². The maximum Gasteiger partial charge on any atom is 0.252 e. The van der Waals surface area contributed by atoms with Crippen molar-refractivity contribution >= 4 is 29.9 Å². The summed E-state index contributed by atoms with van der Waals surface area (Å²) < 4.78 is 5.29. The largest absolute Gasteiger partial charge is 0.497 e. The molecular weight excluding hydrogens is 395 g/mol. The molecule has 1 aliphatic heterocycles. The zero-order chi connectivity index (χ0) is 19.1. The van der Waals surface area contributed by atoms with Crippen LogP contribution in [0.1, 0.15) is 47.6 Å². The summed E-state index contributed by atoms with van der Waals surface area (Å²) in [7, 11) is 1.67. The lowest BCUT2D eigenvalue weighted by Crippen LogP contribution is -2.38. The smallest absolute Gasteiger partial charge is 0.252 e. The fourth-order valence-electron chi connectivity index (χ4n) is 3.62. The molecule has 0 radical (unpaired) electrons. The molecule has 2 aromatic rings. The van der Waals surface area contributed by atoms with Crippen LogP contribution in [0.25, 0.3) is 0 Å². The summed E-state index contributed by atoms with van der Waals surface area (Å²) >= 11 is 6.17. The topological polar surface area (TPSA) is 41.6 Å². The van der Waals surface area contributed by atoms with Gasteiger partial charge in [-0.25, -0.2) is 0 Å². The number of methoxy groups -OCH3 is 1. The van der Waals surface area contributed by atoms with E-state index in [1.54, 1.807) is 19.2 Å². The van der Waals surface area contributed by atoms with Crippen LogP contribution in [-0.4, -0.2) is 37.6 Å². The van der Waals surface area contributed by atoms with Crippen LogP contribution in [0, 0.1) is 0 Å². The van der Waals surface area contributed by atoms with Gasteiger partial charge in [0, 0.05) is 6.54 Å². The number of benzene rings is 2. The number of halogens is 2. The van der Waals surface area contributed by atoms with E-state index in [1.165, 1.54) is 31.2 Å². The molecule has 0 bridgehead atoms. The maximum atomic E-state index is 12.6. The molecule has 3 rings (SSSR count). The second-order valence-corrected chi connectivity index (χ2v) is 7.34. The second-order valence-electron chi connectivity index (χ2n) is 6.93. The quantitative estimate of drug-likeness (QED) is 0.702. The summed E-state index contributed by atoms with van der Waals surface area (Å²) in [6.45, 7) is 2.66. The van der Waals surface area contributed by atoms with Crippen LogP contribution in [0.4, 0.5) is 0 Å². The third-order valence-corrected chi connectivity index (χ3v) is 5.49. The number of ether oxygens (including phenoxy) is 1. The molecule has 0 aromatic heterocycles. The summed E-state index contributed by atoms with van der Waals surface area (Å²) in [5, 5.41) is 3.57. The third-order valence-electron chi connectivity index (χ3n) is 5.16. The Hall–Kier alpha value is -1.75. The van der Waals surface area contributed by atoms with Gasteiger partial charge < -0.3 is 10.1 Å². The van der Waals surface area contributed by atoms with Crippen LogP contribution in [0.5, 0.6) is 5.75 Å². The first-order chi connectivity index (χ1) is 13.2. The molecule has 0 spiro atoms. The monoisotopic (exact) mass is 422 g/mol. The van der Waals surface area contributed by atoms with E-state index in [0.717, 1.165) is 18.8 Å². The Kier molecular flexibility index (Phi) is 9.10. The first kappa shape index (κ1) is 22.5. The highest BCUT2D eigenvalue weighted by atomic mass is 35.5. The minimum absolute atomic E-state index is 0. The van der Waals surface area contributed by atoms with Crippen molar-refractivity contribution in [3.8, 4) is 5.75 Å². The first-order valence-corrected chi connectivity index (χ1v) is 9.97. The normalized spacial score (nSPS) is 15.8. The van der Waals surface area contributed by atoms with Crippen LogP contribution >= 0.6 is 24.0 Å². The van der Waals surface area contributed by atoms with Crippen molar-refractivity contribution in [2.24, 2.45) is 0 Å². The number of nitrogens with one attached hydrogen (secondary N) is 1. The average molecular weight is 423 g/mol. The number of nitrogens with zero attached hydrogens (tertiary/aromatic N) is 1. The minimum atomic E-state index is -0.131. The van der Waals surface area contributed by atoms with Gasteiger partial charge >= 0.3 is 0 Å². The predicted octanol–water partition coefficient (Wildman–Crippen LogP) is 5.12. The SMILES string of the molecule is COc1ccc(C(CNC(=O)c2ccccc2Cl)N2CCCCCC2)cc1.Cl. The van der Waals surface area contributed by atoms with Crippen LogP contribution < -0.4 is 10.1 Å². The Morgan fingerprint density at radius 2 is 1.71 bits per heavy atom. The Bertz CT molecular complexity index is 744. The number of rotatable bonds is 6. The standard InChI is InChI=1S/C22H27ClN2O2.ClH/c1-27-18-12-10-17(11-13-18)21(25-14-6-2-3-7-15-25)16-24-22(26)19-8-4-5-9-20(19)23;/h4-5,8-13,21H,2-3,6-7,14-16H2,1H3,(H,24,26);1H. The van der Waals surface area contributed by atoms with E-state index < -0.39 is 0 Å². The van der Waals surface area contributed by atoms with Crippen LogP contribution in [0.15, 0.2) is 48.5 Å². The summed E-state index contributed by atoms with van der Waals surface area (Å²) in [4.78, 5) is 15.1. The second kappa shape index (κ2) is 11.3. The summed E-state index contributed by atoms with van der Waals surface area (Å²) in [6.07, 6.45) is 4.95. The van der Waals surface area contributed by atoms with Crippen LogP contribution in [0.2, 0.25) is 5.02 Å². The van der Waals surface area contributed by atoms with Crippen molar-refractivity contribution in [1.29, 1.82) is 0 Å². The molecular formula is C22H28Cl2N2O2. The Labute approximate surface area is 178 Å². The van der Waals surface area contributed by atoms with E-state index in [9.17, 15) is 4.79 Å². The van der Waals surface area contributed by atoms with Crippen molar-refractivity contribution < 1.29 is 9.53 Å². The summed E-state index contributed by atoms with van der Waals surface area (Å²) in [5.41, 5.74) is 1.71. The van der Waals surface area contributed by atoms with Crippen LogP contribution in [0.3, 0.4) is 0 Å². The molecule has 0 saturated carbocycles. The minimum Gasteiger partial charge on any atom is -0.497 e. The molecule has 28 heavy (non-hydrogen) atoms. The maximum absolute atomic E-state index is 12.6. The highest BCUT2D eigenvalue weighted by molar-refractivity contribution is 6.33. The molecule has 1 heterocycles. The fraction of sp³-hybridized carbons (Fsp3) is 0.409. The molecule has 1 N–H and O–H groups in total. The van der Waals surface area contributed by atoms with Gasteiger partial charge in [-0.1, -0.05) is 48.7 Å². The number of hydrogen-bond donors (Lipinski definition) is 1. The van der Waals surface area contributed by atoms with E-state index in [4.69, 9.17) is 16.3 Å². The van der Waals surface area contributed by atoms with Gasteiger partial charge in [0.2, 0.25) is 0 Å². The van der Waals surface area contributed by atoms with E-state index >= 15 is 0 Å². The van der Waals surface area contributed by atoms with Gasteiger partial charge in [-0.3, -0.25) is 9.69 Å². The molecule has 152 valence electrons. The Morgan fingerprint density at radius 3 is 2.32 bits per heavy atom. The van der Waals surface area contributed by atoms with Crippen molar-refractivity contribution in [2.45, 2.75) is 31.7 Å². The van der Waals surface area contributed by atoms with Crippen LogP contribution in [-0.2, 0) is 0 Å². The van der Waals surface area contributed by atoms with Crippen molar-refractivity contribution in [3.05, 3.63) is 64.7 Å². The van der Waals surface area contributed by atoms with Gasteiger partial charge in [-0.15, -0.1) is 12.4 Å². The molecule has 4 nitrogen and oxygen atoms in total. The molecule has 1 unspecified atom stereocenters. The lowest BCUT2D eigenvalue weighted by Gasteiger charge is -2.31. The van der Waals surface area contributed by atoms with Gasteiger partial charge in [0.1, 0.15) is 5.75 Å². The van der Waals surface area contributed by atoms with E-state index in [1.807, 2.05) is 24.3 Å². The Morgan fingerprint density at radius 1 is 1.07 bits per heavy atom. The van der Waals surface area contributed by atoms with Crippen molar-refractivity contribution in [1.82, 2.24) is 10.2 Å². The van der Waals surface area contributed by atoms with E-state index in [-0.39, 0.29) is 24.4 Å². The molecule has 2 aromatic carbocycles. The molecule has 1 saturated heterocycles. The molecule has 1 fully saturated rings. The highest BCUT2D eigenvalue weighted by Crippen LogP contribution is 2.26. The number of likely N-dealkylation sites (tertiary alicyclic amines) is 1. The third kappa shape index (κ3) is 5.87. The number of amides is 1. The lowest BCUT2D eigenvalue weighted by atomic mass is 10.0. The predicted molar refractivity (Wildman–Crippen MR) is 117 cm³/mol. The zero-order valence-electron chi connectivity index (χ0n) is 16.2. The molecule has 1 atom stereocenters. The molecule has 0 aliphatic carbocycles. The lowest BCUT2D eigenvalue weighted by molar-refractivity contribution is 0.0933. The fourth-order valence-corrected chi connectivity index (χ4v) is 3.84. The van der Waals surface area contributed by atoms with Gasteiger partial charge in [0.15, 0.2) is 0 Å². The van der Waals surface area contributed by atoms with Gasteiger partial charge in [0.25, 0.3) is 5.91 Å². The molecule has 1 aliphatic rings. The number of carbonyl (C=O) groups excluding carboxylic acids is 1. The molecule has 6 heteroatoms. The highest BCUT2D eigenvalue weighted by Gasteiger charge is 2.23. The van der Waals surface area contributed by atoms with Gasteiger partial charge in [-0.2, -0.15) is 0 Å². The summed E-state index contributed by atoms with van der Waals surface area (Å²) in [6, 6.07) is 15.4. The number of carbonyl (C=O) groups is 1. The molecule has 1 amide bonds. The Balaban J connectivity index is 0.00000280. The first-order valence-electron chi connectivity index (χ1n) is 9.60. The van der Waals surface area contributed by atoms with Gasteiger partial charge in [0.05, 0.1) is 23.7 Å². The van der Waals surface area contributed by atoms with Gasteiger partial charge in [-0.05, 0) is 55.8 Å². The summed E-state index contributed by atoms with van der Waals surface area (Å²) in [5.74, 6) is 0.711. The van der Waals surface area contributed by atoms with Crippen molar-refractivity contribution in [2.75, 3.05) is 26.7 Å². The average Bonchev–Trinajstić information content (AvgIpc) is 2.98. The number of hydrogen-bond acceptors (Lipinski definition) is 3. The van der Waals surface area contributed by atoms with E-state index in [0.29, 0.717) is 17.1 Å². The zero-order valence-corrected chi connectivity index (χ0v) is 17.8.